The van der Waals surface area contributed by atoms with Gasteiger partial charge in [0.1, 0.15) is 73.2 Å². The molecule has 11 N–H and O–H groups in total. The average molecular weight is 545 g/mol. The second-order valence-electron chi connectivity index (χ2n) is 9.07. The van der Waals surface area contributed by atoms with E-state index >= 15 is 0 Å². The van der Waals surface area contributed by atoms with Crippen LogP contribution in [0.1, 0.15) is 6.92 Å². The van der Waals surface area contributed by atoms with Gasteiger partial charge in [-0.1, -0.05) is 0 Å². The smallest absolute Gasteiger partial charge is 0.217 e. The Kier molecular flexibility index (Phi) is 10.5. The number of carbonyl (C=O) groups is 1. The minimum Gasteiger partial charge on any atom is -0.394 e. The van der Waals surface area contributed by atoms with E-state index in [2.05, 4.69) is 5.32 Å². The van der Waals surface area contributed by atoms with Gasteiger partial charge in [-0.05, 0) is 0 Å². The number of aliphatic hydroxyl groups excluding tert-OH is 10. The molecular weight excluding hydrogens is 510 g/mol. The molecule has 3 aliphatic rings. The first-order valence-electron chi connectivity index (χ1n) is 11.6. The normalized spacial score (nSPS) is 49.0. The van der Waals surface area contributed by atoms with Crippen LogP contribution in [0.4, 0.5) is 0 Å². The summed E-state index contributed by atoms with van der Waals surface area (Å²) in [5.41, 5.74) is 0. The third-order valence-corrected chi connectivity index (χ3v) is 6.49. The van der Waals surface area contributed by atoms with Crippen molar-refractivity contribution >= 4 is 5.91 Å². The molecule has 37 heavy (non-hydrogen) atoms. The van der Waals surface area contributed by atoms with Crippen LogP contribution in [0.5, 0.6) is 0 Å². The van der Waals surface area contributed by atoms with Crippen LogP contribution in [-0.4, -0.2) is 169 Å². The molecule has 0 radical (unpaired) electrons. The average Bonchev–Trinajstić information content (AvgIpc) is 2.86. The highest BCUT2D eigenvalue weighted by Gasteiger charge is 2.53. The van der Waals surface area contributed by atoms with Crippen molar-refractivity contribution in [1.29, 1.82) is 0 Å². The third-order valence-electron chi connectivity index (χ3n) is 6.49. The Morgan fingerprint density at radius 3 is 1.76 bits per heavy atom. The van der Waals surface area contributed by atoms with E-state index in [4.69, 9.17) is 23.7 Å². The number of amides is 1. The van der Waals surface area contributed by atoms with Crippen molar-refractivity contribution in [1.82, 2.24) is 5.32 Å². The largest absolute Gasteiger partial charge is 0.394 e. The SMILES string of the molecule is CC(=O)NC1[C@H](O[C@@H]2C(O)[C@H](O[C@H]3C(CO)O[C@@H](O)C(O)[C@H]3O)OC(CO)[C@@H]2O)OC(CO)[C@H](O)[C@@H]1O. The highest BCUT2D eigenvalue weighted by molar-refractivity contribution is 5.73. The van der Waals surface area contributed by atoms with Gasteiger partial charge >= 0.3 is 0 Å². The van der Waals surface area contributed by atoms with E-state index in [0.717, 1.165) is 6.92 Å². The van der Waals surface area contributed by atoms with E-state index in [1.165, 1.54) is 0 Å². The Labute approximate surface area is 210 Å². The molecule has 3 heterocycles. The molecule has 0 spiro atoms. The predicted molar refractivity (Wildman–Crippen MR) is 113 cm³/mol. The van der Waals surface area contributed by atoms with Crippen LogP contribution in [-0.2, 0) is 28.5 Å². The topological polar surface area (TPSA) is 278 Å². The minimum atomic E-state index is -1.91. The van der Waals surface area contributed by atoms with Gasteiger partial charge < -0.3 is 80.1 Å². The lowest BCUT2D eigenvalue weighted by atomic mass is 9.95. The van der Waals surface area contributed by atoms with E-state index < -0.39 is 118 Å². The molecule has 3 aliphatic heterocycles. The summed E-state index contributed by atoms with van der Waals surface area (Å²) in [6, 6.07) is -1.42. The molecule has 6 unspecified atom stereocenters. The molecule has 3 rings (SSSR count). The number of nitrogens with one attached hydrogen (secondary N) is 1. The van der Waals surface area contributed by atoms with E-state index in [9.17, 15) is 55.9 Å². The summed E-state index contributed by atoms with van der Waals surface area (Å²) < 4.78 is 27.0. The Morgan fingerprint density at radius 1 is 0.649 bits per heavy atom. The van der Waals surface area contributed by atoms with Gasteiger partial charge in [0.05, 0.1) is 19.8 Å². The first kappa shape index (κ1) is 30.4. The van der Waals surface area contributed by atoms with Crippen LogP contribution in [0, 0.1) is 0 Å². The zero-order chi connectivity index (χ0) is 27.6. The molecule has 1 amide bonds. The van der Waals surface area contributed by atoms with Gasteiger partial charge in [-0.3, -0.25) is 4.79 Å². The van der Waals surface area contributed by atoms with E-state index in [1.807, 2.05) is 0 Å². The maximum absolute atomic E-state index is 11.7. The number of rotatable bonds is 8. The Balaban J connectivity index is 1.83. The summed E-state index contributed by atoms with van der Waals surface area (Å²) in [4.78, 5) is 11.7. The molecule has 0 aliphatic carbocycles. The van der Waals surface area contributed by atoms with E-state index in [0.29, 0.717) is 0 Å². The lowest BCUT2D eigenvalue weighted by molar-refractivity contribution is -0.373. The van der Waals surface area contributed by atoms with Gasteiger partial charge in [-0.25, -0.2) is 0 Å². The van der Waals surface area contributed by atoms with Crippen molar-refractivity contribution in [3.05, 3.63) is 0 Å². The van der Waals surface area contributed by atoms with Crippen molar-refractivity contribution in [2.75, 3.05) is 19.8 Å². The number of ether oxygens (including phenoxy) is 5. The van der Waals surface area contributed by atoms with Crippen LogP contribution in [0.2, 0.25) is 0 Å². The minimum absolute atomic E-state index is 0.652. The van der Waals surface area contributed by atoms with Crippen LogP contribution < -0.4 is 5.32 Å². The zero-order valence-corrected chi connectivity index (χ0v) is 19.7. The number of aliphatic hydroxyl groups is 10. The third kappa shape index (κ3) is 6.38. The number of carbonyl (C=O) groups excluding carboxylic acids is 1. The molecule has 0 saturated carbocycles. The molecule has 0 aromatic heterocycles. The first-order valence-corrected chi connectivity index (χ1v) is 11.6. The van der Waals surface area contributed by atoms with Crippen LogP contribution in [0.3, 0.4) is 0 Å². The van der Waals surface area contributed by atoms with Gasteiger partial charge in [0.15, 0.2) is 18.9 Å². The predicted octanol–water partition coefficient (Wildman–Crippen LogP) is -7.43. The fraction of sp³-hybridized carbons (Fsp3) is 0.950. The van der Waals surface area contributed by atoms with Crippen LogP contribution in [0.15, 0.2) is 0 Å². The summed E-state index contributed by atoms with van der Waals surface area (Å²) in [6.45, 7) is -1.25. The van der Waals surface area contributed by atoms with Gasteiger partial charge in [0.2, 0.25) is 5.91 Å². The van der Waals surface area contributed by atoms with Crippen molar-refractivity contribution in [2.24, 2.45) is 0 Å². The molecular formula is C20H35NO16. The molecule has 15 atom stereocenters. The highest BCUT2D eigenvalue weighted by Crippen LogP contribution is 2.32. The quantitative estimate of drug-likeness (QED) is 0.135. The zero-order valence-electron chi connectivity index (χ0n) is 19.7. The number of hydrogen-bond acceptors (Lipinski definition) is 16. The molecule has 216 valence electrons. The molecule has 0 bridgehead atoms. The summed E-state index contributed by atoms with van der Waals surface area (Å²) >= 11 is 0. The van der Waals surface area contributed by atoms with Crippen LogP contribution in [0.25, 0.3) is 0 Å². The van der Waals surface area contributed by atoms with Crippen molar-refractivity contribution in [3.8, 4) is 0 Å². The fourth-order valence-corrected chi connectivity index (χ4v) is 4.46. The Bertz CT molecular complexity index is 745. The molecule has 0 aromatic carbocycles. The molecule has 17 nitrogen and oxygen atoms in total. The number of hydrogen-bond donors (Lipinski definition) is 11. The maximum Gasteiger partial charge on any atom is 0.217 e. The molecule has 3 saturated heterocycles. The Morgan fingerprint density at radius 2 is 1.19 bits per heavy atom. The monoisotopic (exact) mass is 545 g/mol. The van der Waals surface area contributed by atoms with Crippen molar-refractivity contribution < 1.29 is 79.5 Å². The van der Waals surface area contributed by atoms with E-state index in [1.54, 1.807) is 0 Å². The lowest BCUT2D eigenvalue weighted by Gasteiger charge is -2.48. The van der Waals surface area contributed by atoms with Gasteiger partial charge in [0, 0.05) is 6.92 Å². The van der Waals surface area contributed by atoms with Gasteiger partial charge in [-0.2, -0.15) is 0 Å². The lowest BCUT2D eigenvalue weighted by Crippen LogP contribution is -2.68. The Hall–Kier alpha value is -1.13. The van der Waals surface area contributed by atoms with Gasteiger partial charge in [0.25, 0.3) is 0 Å². The van der Waals surface area contributed by atoms with Crippen molar-refractivity contribution in [2.45, 2.75) is 99.0 Å². The molecule has 3 fully saturated rings. The second-order valence-corrected chi connectivity index (χ2v) is 9.07. The summed E-state index contributed by atoms with van der Waals surface area (Å²) in [5.74, 6) is -0.652. The standard InChI is InChI=1S/C20H35NO16/c1-5(25)21-9-12(28)10(26)6(2-22)34-19(9)37-17-11(27)7(3-23)35-20(15(17)31)36-16-8(4-24)33-18(32)14(30)13(16)29/h6-20,22-24,26-32H,2-4H2,1H3,(H,21,25)/t6?,7?,8?,9?,10-,11-,12+,13+,14?,15?,16-,17-,18+,19-,20-/m0/s1. The molecule has 0 aromatic rings. The summed E-state index contributed by atoms with van der Waals surface area (Å²) in [5, 5.41) is 103. The van der Waals surface area contributed by atoms with Crippen LogP contribution >= 0.6 is 0 Å². The summed E-state index contributed by atoms with van der Waals surface area (Å²) in [7, 11) is 0. The van der Waals surface area contributed by atoms with Gasteiger partial charge in [-0.15, -0.1) is 0 Å². The first-order chi connectivity index (χ1) is 17.4. The van der Waals surface area contributed by atoms with E-state index in [-0.39, 0.29) is 0 Å². The molecule has 17 heteroatoms. The fourth-order valence-electron chi connectivity index (χ4n) is 4.46. The van der Waals surface area contributed by atoms with Crippen molar-refractivity contribution in [3.63, 3.8) is 0 Å². The second kappa shape index (κ2) is 12.8. The highest BCUT2D eigenvalue weighted by atomic mass is 16.7. The summed E-state index contributed by atoms with van der Waals surface area (Å²) in [6.07, 6.45) is -23.4. The maximum atomic E-state index is 11.7.